The number of para-hydroxylation sites is 1. The molecular weight excluding hydrogens is 673 g/mol. The van der Waals surface area contributed by atoms with E-state index in [0.29, 0.717) is 57.5 Å². The molecule has 51 heavy (non-hydrogen) atoms. The summed E-state index contributed by atoms with van der Waals surface area (Å²) in [7, 11) is 0. The monoisotopic (exact) mass is 722 g/mol. The van der Waals surface area contributed by atoms with Crippen LogP contribution in [0.5, 0.6) is 5.75 Å². The fourth-order valence-corrected chi connectivity index (χ4v) is 7.50. The Morgan fingerprint density at radius 3 is 2.51 bits per heavy atom. The molecule has 276 valence electrons. The Kier molecular flexibility index (Phi) is 12.7. The van der Waals surface area contributed by atoms with Crippen LogP contribution < -0.4 is 4.74 Å². The van der Waals surface area contributed by atoms with Gasteiger partial charge in [-0.15, -0.1) is 11.8 Å². The molecule has 2 aromatic carbocycles. The van der Waals surface area contributed by atoms with E-state index in [2.05, 4.69) is 42.2 Å². The third kappa shape index (κ3) is 9.30. The molecule has 2 aliphatic carbocycles. The number of hydrogen-bond acceptors (Lipinski definition) is 11. The van der Waals surface area contributed by atoms with Crippen molar-refractivity contribution in [3.63, 3.8) is 0 Å². The molecule has 1 amide bonds. The topological polar surface area (TPSA) is 162 Å². The number of aliphatic hydroxyl groups excluding tert-OH is 5. The normalized spacial score (nSPS) is 19.6. The van der Waals surface area contributed by atoms with Gasteiger partial charge in [0.1, 0.15) is 24.1 Å². The minimum Gasteiger partial charge on any atom is -0.490 e. The molecule has 5 N–H and O–H groups in total. The Labute approximate surface area is 303 Å². The summed E-state index contributed by atoms with van der Waals surface area (Å²) >= 11 is 1.67. The zero-order valence-electron chi connectivity index (χ0n) is 29.1. The summed E-state index contributed by atoms with van der Waals surface area (Å²) < 4.78 is 18.5. The first kappa shape index (κ1) is 37.7. The van der Waals surface area contributed by atoms with Gasteiger partial charge in [0.25, 0.3) is 5.91 Å². The number of carbonyl (C=O) groups excluding carboxylic acids is 1. The van der Waals surface area contributed by atoms with E-state index in [1.165, 1.54) is 0 Å². The van der Waals surface area contributed by atoms with Crippen LogP contribution in [0.15, 0.2) is 65.8 Å². The van der Waals surface area contributed by atoms with Gasteiger partial charge in [-0.2, -0.15) is 0 Å². The lowest BCUT2D eigenvalue weighted by Gasteiger charge is -2.37. The molecule has 2 saturated carbocycles. The predicted molar refractivity (Wildman–Crippen MR) is 192 cm³/mol. The number of pyridine rings is 1. The number of nitrogens with zero attached hydrogens (tertiary/aromatic N) is 2. The SMILES string of the molecule is Cc1ccc(SCCCN(C(=O)C(O)C(O)C(O)C(O)CO)C2CCOCC2)cc1COC1(c2cnccc2-c2ccccc2OC2CC2)CC1. The summed E-state index contributed by atoms with van der Waals surface area (Å²) in [6.07, 6.45) is 2.44. The van der Waals surface area contributed by atoms with Gasteiger partial charge in [-0.1, -0.05) is 24.3 Å². The Morgan fingerprint density at radius 1 is 1.02 bits per heavy atom. The molecule has 2 heterocycles. The van der Waals surface area contributed by atoms with Crippen LogP contribution in [0.2, 0.25) is 0 Å². The number of rotatable bonds is 18. The Hall–Kier alpha value is -3.07. The number of thioether (sulfide) groups is 1. The second-order valence-corrected chi connectivity index (χ2v) is 15.0. The van der Waals surface area contributed by atoms with Crippen molar-refractivity contribution in [1.29, 1.82) is 0 Å². The zero-order chi connectivity index (χ0) is 36.0. The average molecular weight is 723 g/mol. The lowest BCUT2D eigenvalue weighted by atomic mass is 9.96. The van der Waals surface area contributed by atoms with E-state index in [-0.39, 0.29) is 6.04 Å². The minimum atomic E-state index is -1.94. The Balaban J connectivity index is 1.07. The minimum absolute atomic E-state index is 0.185. The molecule has 3 fully saturated rings. The van der Waals surface area contributed by atoms with Gasteiger partial charge in [-0.05, 0) is 98.6 Å². The third-order valence-electron chi connectivity index (χ3n) is 10.1. The molecule has 1 saturated heterocycles. The maximum Gasteiger partial charge on any atom is 0.254 e. The van der Waals surface area contributed by atoms with Crippen LogP contribution in [0.25, 0.3) is 11.1 Å². The van der Waals surface area contributed by atoms with Crippen molar-refractivity contribution in [3.8, 4) is 16.9 Å². The largest absolute Gasteiger partial charge is 0.490 e. The van der Waals surface area contributed by atoms with Gasteiger partial charge in [0.15, 0.2) is 6.10 Å². The highest BCUT2D eigenvalue weighted by Crippen LogP contribution is 2.53. The number of hydrogen-bond donors (Lipinski definition) is 5. The maximum absolute atomic E-state index is 13.4. The first-order valence-electron chi connectivity index (χ1n) is 18.0. The molecule has 0 bridgehead atoms. The van der Waals surface area contributed by atoms with Crippen LogP contribution in [0, 0.1) is 6.92 Å². The highest BCUT2D eigenvalue weighted by atomic mass is 32.2. The van der Waals surface area contributed by atoms with Crippen molar-refractivity contribution >= 4 is 17.7 Å². The summed E-state index contributed by atoms with van der Waals surface area (Å²) in [5.74, 6) is 0.879. The zero-order valence-corrected chi connectivity index (χ0v) is 29.9. The highest BCUT2D eigenvalue weighted by molar-refractivity contribution is 7.99. The summed E-state index contributed by atoms with van der Waals surface area (Å²) in [6, 6.07) is 16.4. The van der Waals surface area contributed by atoms with Crippen molar-refractivity contribution in [3.05, 3.63) is 77.6 Å². The quantitative estimate of drug-likeness (QED) is 0.0962. The molecule has 1 aliphatic heterocycles. The van der Waals surface area contributed by atoms with E-state index in [1.807, 2.05) is 30.6 Å². The molecule has 4 unspecified atom stereocenters. The molecule has 1 aromatic heterocycles. The molecule has 6 rings (SSSR count). The summed E-state index contributed by atoms with van der Waals surface area (Å²) in [6.45, 7) is 3.02. The van der Waals surface area contributed by atoms with Crippen LogP contribution in [0.1, 0.15) is 61.6 Å². The van der Waals surface area contributed by atoms with Crippen molar-refractivity contribution in [1.82, 2.24) is 9.88 Å². The first-order valence-corrected chi connectivity index (χ1v) is 19.0. The molecule has 0 spiro atoms. The summed E-state index contributed by atoms with van der Waals surface area (Å²) in [5.41, 5.74) is 5.08. The number of amides is 1. The molecular formula is C39H50N2O9S. The lowest BCUT2D eigenvalue weighted by molar-refractivity contribution is -0.162. The Bertz CT molecular complexity index is 1610. The van der Waals surface area contributed by atoms with Crippen LogP contribution >= 0.6 is 11.8 Å². The van der Waals surface area contributed by atoms with Crippen LogP contribution in [0.3, 0.4) is 0 Å². The maximum atomic E-state index is 13.4. The van der Waals surface area contributed by atoms with Gasteiger partial charge in [-0.3, -0.25) is 9.78 Å². The highest BCUT2D eigenvalue weighted by Gasteiger charge is 2.48. The smallest absolute Gasteiger partial charge is 0.254 e. The summed E-state index contributed by atoms with van der Waals surface area (Å²) in [4.78, 5) is 20.5. The van der Waals surface area contributed by atoms with Crippen molar-refractivity contribution in [2.75, 3.05) is 32.1 Å². The fraction of sp³-hybridized carbons (Fsp3) is 0.538. The molecule has 12 heteroatoms. The van der Waals surface area contributed by atoms with Gasteiger partial charge in [0.05, 0.1) is 24.9 Å². The van der Waals surface area contributed by atoms with Crippen LogP contribution in [0.4, 0.5) is 0 Å². The Morgan fingerprint density at radius 2 is 1.78 bits per heavy atom. The fourth-order valence-electron chi connectivity index (χ4n) is 6.60. The van der Waals surface area contributed by atoms with Crippen molar-refractivity contribution in [2.45, 2.75) is 106 Å². The standard InChI is InChI=1S/C39H50N2O9S/c1-25-7-10-29(51-20-4-17-41(27-12-18-48-19-13-27)38(47)37(46)36(45)35(44)33(43)23-42)21-26(25)24-49-39(14-15-39)32-22-40-16-11-30(32)31-5-2-3-6-34(31)50-28-8-9-28/h2-3,5-7,10-11,16,21-22,27-28,33,35-37,42-46H,4,8-9,12-15,17-20,23-24H2,1H3. The number of ether oxygens (including phenoxy) is 3. The number of aryl methyl sites for hydroxylation is 1. The van der Waals surface area contributed by atoms with Gasteiger partial charge < -0.3 is 44.6 Å². The second-order valence-electron chi connectivity index (χ2n) is 13.9. The van der Waals surface area contributed by atoms with Gasteiger partial charge in [-0.25, -0.2) is 0 Å². The predicted octanol–water partition coefficient (Wildman–Crippen LogP) is 3.73. The molecule has 0 radical (unpaired) electrons. The number of aromatic nitrogens is 1. The average Bonchev–Trinajstić information content (AvgIpc) is 4.12. The summed E-state index contributed by atoms with van der Waals surface area (Å²) in [5, 5.41) is 50.0. The van der Waals surface area contributed by atoms with Crippen LogP contribution in [-0.4, -0.2) is 110 Å². The van der Waals surface area contributed by atoms with E-state index >= 15 is 0 Å². The van der Waals surface area contributed by atoms with E-state index in [4.69, 9.17) is 19.3 Å². The van der Waals surface area contributed by atoms with E-state index in [9.17, 15) is 25.2 Å². The molecule has 3 aromatic rings. The van der Waals surface area contributed by atoms with E-state index in [1.54, 1.807) is 16.7 Å². The van der Waals surface area contributed by atoms with Gasteiger partial charge in [0, 0.05) is 54.2 Å². The van der Waals surface area contributed by atoms with E-state index < -0.39 is 42.5 Å². The van der Waals surface area contributed by atoms with Crippen LogP contribution in [-0.2, 0) is 26.5 Å². The first-order chi connectivity index (χ1) is 24.7. The van der Waals surface area contributed by atoms with Gasteiger partial charge in [0.2, 0.25) is 0 Å². The van der Waals surface area contributed by atoms with Gasteiger partial charge >= 0.3 is 0 Å². The van der Waals surface area contributed by atoms with Crippen molar-refractivity contribution in [2.24, 2.45) is 0 Å². The third-order valence-corrected chi connectivity index (χ3v) is 11.2. The van der Waals surface area contributed by atoms with Crippen molar-refractivity contribution < 1.29 is 44.5 Å². The number of aliphatic hydroxyl groups is 5. The molecule has 3 aliphatic rings. The number of benzene rings is 2. The number of carbonyl (C=O) groups is 1. The lowest BCUT2D eigenvalue weighted by Crippen LogP contribution is -2.55. The van der Waals surface area contributed by atoms with E-state index in [0.717, 1.165) is 64.1 Å². The second kappa shape index (κ2) is 17.2. The molecule has 11 nitrogen and oxygen atoms in total. The molecule has 4 atom stereocenters.